The van der Waals surface area contributed by atoms with Crippen LogP contribution in [0.15, 0.2) is 0 Å². The lowest BCUT2D eigenvalue weighted by Gasteiger charge is -2.58. The van der Waals surface area contributed by atoms with Crippen molar-refractivity contribution in [2.45, 2.75) is 51.6 Å². The molecule has 0 atom stereocenters. The second kappa shape index (κ2) is 6.02. The topological polar surface area (TPSA) is 32.8 Å². The average Bonchev–Trinajstić information content (AvgIpc) is 2.36. The van der Waals surface area contributed by atoms with Crippen LogP contribution in [0.25, 0.3) is 0 Å². The highest BCUT2D eigenvalue weighted by Crippen LogP contribution is 2.49. The van der Waals surface area contributed by atoms with Crippen LogP contribution < -0.4 is 0 Å². The van der Waals surface area contributed by atoms with Crippen molar-refractivity contribution in [3.8, 4) is 0 Å². The maximum atomic E-state index is 12.2. The molecule has 4 nitrogen and oxygen atoms in total. The number of piperidine rings is 1. The first-order chi connectivity index (χ1) is 9.71. The van der Waals surface area contributed by atoms with Crippen LogP contribution in [-0.4, -0.2) is 61.1 Å². The van der Waals surface area contributed by atoms with Crippen molar-refractivity contribution in [3.63, 3.8) is 0 Å². The molecule has 2 aliphatic heterocycles. The maximum Gasteiger partial charge on any atom is 0.236 e. The average molecular weight is 280 g/mol. The molecule has 0 aromatic heterocycles. The van der Waals surface area contributed by atoms with E-state index in [1.54, 1.807) is 0 Å². The Labute approximate surface area is 122 Å². The van der Waals surface area contributed by atoms with E-state index in [9.17, 15) is 4.79 Å². The van der Waals surface area contributed by atoms with Gasteiger partial charge < -0.3 is 9.64 Å². The highest BCUT2D eigenvalue weighted by Gasteiger charge is 2.53. The number of carbonyl (C=O) groups is 1. The number of ether oxygens (including phenoxy) is 1. The van der Waals surface area contributed by atoms with Crippen LogP contribution in [-0.2, 0) is 9.53 Å². The fourth-order valence-electron chi connectivity index (χ4n) is 3.92. The fraction of sp³-hybridized carbons (Fsp3) is 0.938. The van der Waals surface area contributed by atoms with Crippen LogP contribution in [0.5, 0.6) is 0 Å². The van der Waals surface area contributed by atoms with E-state index in [0.29, 0.717) is 24.0 Å². The Bertz CT molecular complexity index is 338. The smallest absolute Gasteiger partial charge is 0.236 e. The summed E-state index contributed by atoms with van der Waals surface area (Å²) in [5.41, 5.74) is 0.427. The van der Waals surface area contributed by atoms with E-state index < -0.39 is 0 Å². The Morgan fingerprint density at radius 2 is 1.90 bits per heavy atom. The zero-order valence-electron chi connectivity index (χ0n) is 12.8. The Morgan fingerprint density at radius 1 is 1.20 bits per heavy atom. The van der Waals surface area contributed by atoms with E-state index in [2.05, 4.69) is 16.7 Å². The van der Waals surface area contributed by atoms with Gasteiger partial charge in [-0.2, -0.15) is 0 Å². The Balaban J connectivity index is 1.35. The van der Waals surface area contributed by atoms with Gasteiger partial charge in [0.1, 0.15) is 0 Å². The van der Waals surface area contributed by atoms with Crippen molar-refractivity contribution in [2.75, 3.05) is 39.3 Å². The van der Waals surface area contributed by atoms with Gasteiger partial charge >= 0.3 is 0 Å². The van der Waals surface area contributed by atoms with Crippen molar-refractivity contribution >= 4 is 5.91 Å². The molecule has 3 rings (SSSR count). The standard InChI is InChI=1S/C16H28N2O2/c1-2-8-20-14-9-16(10-14)12-18(13-16)15(19)11-17-6-4-3-5-7-17/h14H,2-13H2,1H3. The molecule has 0 radical (unpaired) electrons. The fourth-order valence-corrected chi connectivity index (χ4v) is 3.92. The minimum atomic E-state index is 0.343. The third kappa shape index (κ3) is 3.01. The van der Waals surface area contributed by atoms with E-state index in [0.717, 1.165) is 39.2 Å². The number of amides is 1. The first kappa shape index (κ1) is 14.3. The molecule has 114 valence electrons. The largest absolute Gasteiger partial charge is 0.378 e. The summed E-state index contributed by atoms with van der Waals surface area (Å²) in [5, 5.41) is 0. The molecule has 1 spiro atoms. The lowest BCUT2D eigenvalue weighted by atomic mass is 9.61. The molecule has 1 amide bonds. The van der Waals surface area contributed by atoms with Gasteiger partial charge in [0.05, 0.1) is 12.6 Å². The normalized spacial score (nSPS) is 26.4. The molecule has 2 saturated heterocycles. The minimum Gasteiger partial charge on any atom is -0.378 e. The first-order valence-corrected chi connectivity index (χ1v) is 8.32. The van der Waals surface area contributed by atoms with Crippen LogP contribution in [0.1, 0.15) is 45.4 Å². The second-order valence-corrected chi connectivity index (χ2v) is 6.99. The molecule has 0 N–H and O–H groups in total. The highest BCUT2D eigenvalue weighted by molar-refractivity contribution is 5.79. The molecule has 1 aliphatic carbocycles. The van der Waals surface area contributed by atoms with Gasteiger partial charge in [0.25, 0.3) is 0 Å². The molecule has 20 heavy (non-hydrogen) atoms. The highest BCUT2D eigenvalue weighted by atomic mass is 16.5. The van der Waals surface area contributed by atoms with Gasteiger partial charge in [-0.05, 0) is 45.2 Å². The van der Waals surface area contributed by atoms with Crippen LogP contribution in [0.4, 0.5) is 0 Å². The number of nitrogens with zero attached hydrogens (tertiary/aromatic N) is 2. The monoisotopic (exact) mass is 280 g/mol. The third-order valence-corrected chi connectivity index (χ3v) is 5.09. The summed E-state index contributed by atoms with van der Waals surface area (Å²) in [5.74, 6) is 0.343. The summed E-state index contributed by atoms with van der Waals surface area (Å²) >= 11 is 0. The zero-order valence-corrected chi connectivity index (χ0v) is 12.8. The van der Waals surface area contributed by atoms with Gasteiger partial charge in [0, 0.05) is 25.1 Å². The van der Waals surface area contributed by atoms with Crippen LogP contribution in [0.3, 0.4) is 0 Å². The number of hydrogen-bond donors (Lipinski definition) is 0. The molecular weight excluding hydrogens is 252 g/mol. The molecular formula is C16H28N2O2. The Kier molecular flexibility index (Phi) is 4.32. The first-order valence-electron chi connectivity index (χ1n) is 8.32. The third-order valence-electron chi connectivity index (χ3n) is 5.09. The van der Waals surface area contributed by atoms with Crippen LogP contribution in [0.2, 0.25) is 0 Å². The SMILES string of the molecule is CCCOC1CC2(C1)CN(C(=O)CN1CCCCC1)C2. The lowest BCUT2D eigenvalue weighted by molar-refractivity contribution is -0.171. The van der Waals surface area contributed by atoms with Gasteiger partial charge in [0.15, 0.2) is 0 Å². The molecule has 4 heteroatoms. The van der Waals surface area contributed by atoms with E-state index in [4.69, 9.17) is 4.74 Å². The molecule has 1 saturated carbocycles. The van der Waals surface area contributed by atoms with Crippen molar-refractivity contribution in [1.82, 2.24) is 9.80 Å². The Hall–Kier alpha value is -0.610. The summed E-state index contributed by atoms with van der Waals surface area (Å²) in [6.07, 6.45) is 7.75. The van der Waals surface area contributed by atoms with E-state index in [1.165, 1.54) is 32.1 Å². The summed E-state index contributed by atoms with van der Waals surface area (Å²) in [4.78, 5) is 16.6. The predicted molar refractivity (Wildman–Crippen MR) is 78.6 cm³/mol. The van der Waals surface area contributed by atoms with Gasteiger partial charge in [-0.15, -0.1) is 0 Å². The molecule has 0 bridgehead atoms. The lowest BCUT2D eigenvalue weighted by Crippen LogP contribution is -2.66. The molecule has 0 aromatic rings. The van der Waals surface area contributed by atoms with E-state index in [1.807, 2.05) is 0 Å². The number of hydrogen-bond acceptors (Lipinski definition) is 3. The van der Waals surface area contributed by atoms with Gasteiger partial charge in [-0.1, -0.05) is 13.3 Å². The van der Waals surface area contributed by atoms with Crippen LogP contribution >= 0.6 is 0 Å². The van der Waals surface area contributed by atoms with Gasteiger partial charge in [-0.3, -0.25) is 9.69 Å². The molecule has 0 aromatic carbocycles. The molecule has 0 unspecified atom stereocenters. The van der Waals surface area contributed by atoms with Crippen molar-refractivity contribution in [2.24, 2.45) is 5.41 Å². The minimum absolute atomic E-state index is 0.343. The molecule has 3 fully saturated rings. The molecule has 3 aliphatic rings. The van der Waals surface area contributed by atoms with Crippen molar-refractivity contribution in [3.05, 3.63) is 0 Å². The predicted octanol–water partition coefficient (Wildman–Crippen LogP) is 1.89. The quantitative estimate of drug-likeness (QED) is 0.771. The number of rotatable bonds is 5. The Morgan fingerprint density at radius 3 is 2.55 bits per heavy atom. The summed E-state index contributed by atoms with van der Waals surface area (Å²) < 4.78 is 5.76. The van der Waals surface area contributed by atoms with E-state index >= 15 is 0 Å². The van der Waals surface area contributed by atoms with Gasteiger partial charge in [-0.25, -0.2) is 0 Å². The molecule has 2 heterocycles. The van der Waals surface area contributed by atoms with Crippen LogP contribution in [0, 0.1) is 5.41 Å². The number of carbonyl (C=O) groups excluding carboxylic acids is 1. The second-order valence-electron chi connectivity index (χ2n) is 6.99. The van der Waals surface area contributed by atoms with Crippen molar-refractivity contribution in [1.29, 1.82) is 0 Å². The van der Waals surface area contributed by atoms with E-state index in [-0.39, 0.29) is 0 Å². The number of likely N-dealkylation sites (tertiary alicyclic amines) is 2. The van der Waals surface area contributed by atoms with Gasteiger partial charge in [0.2, 0.25) is 5.91 Å². The summed E-state index contributed by atoms with van der Waals surface area (Å²) in [6.45, 7) is 7.86. The van der Waals surface area contributed by atoms with Crippen molar-refractivity contribution < 1.29 is 9.53 Å². The zero-order chi connectivity index (χ0) is 14.0. The summed E-state index contributed by atoms with van der Waals surface area (Å²) in [6, 6.07) is 0. The summed E-state index contributed by atoms with van der Waals surface area (Å²) in [7, 11) is 0. The maximum absolute atomic E-state index is 12.2.